The summed E-state index contributed by atoms with van der Waals surface area (Å²) < 4.78 is 10.9. The molecule has 0 bridgehead atoms. The topological polar surface area (TPSA) is 85.4 Å². The van der Waals surface area contributed by atoms with Gasteiger partial charge >= 0.3 is 0 Å². The molecule has 7 nitrogen and oxygen atoms in total. The predicted octanol–water partition coefficient (Wildman–Crippen LogP) is 3.82. The van der Waals surface area contributed by atoms with Crippen LogP contribution in [0.2, 0.25) is 0 Å². The standard InChI is InChI=1S/C24H30N4O3/c1-5-23-26-9-8-21(27-23)18-12-17-6-7-19(30-4)14-20(17)22(13-18)28-24(29)15-25-10-11-31-16(2)3/h6-9,12-14,16,25H,5,10-11,15H2,1-4H3,(H,28,29). The Hall–Kier alpha value is -3.03. The minimum absolute atomic E-state index is 0.122. The van der Waals surface area contributed by atoms with Gasteiger partial charge in [0.2, 0.25) is 5.91 Å². The van der Waals surface area contributed by atoms with Crippen molar-refractivity contribution in [2.75, 3.05) is 32.1 Å². The number of carbonyl (C=O) groups excluding carboxylic acids is 1. The molecule has 3 aromatic rings. The van der Waals surface area contributed by atoms with Crippen LogP contribution in [0.1, 0.15) is 26.6 Å². The third kappa shape index (κ3) is 6.23. The van der Waals surface area contributed by atoms with E-state index in [4.69, 9.17) is 9.47 Å². The van der Waals surface area contributed by atoms with Gasteiger partial charge in [-0.2, -0.15) is 0 Å². The summed E-state index contributed by atoms with van der Waals surface area (Å²) in [7, 11) is 1.63. The van der Waals surface area contributed by atoms with Crippen molar-refractivity contribution in [2.45, 2.75) is 33.3 Å². The highest BCUT2D eigenvalue weighted by Crippen LogP contribution is 2.32. The lowest BCUT2D eigenvalue weighted by Crippen LogP contribution is -2.31. The molecule has 1 heterocycles. The van der Waals surface area contributed by atoms with Crippen LogP contribution in [0.25, 0.3) is 22.0 Å². The summed E-state index contributed by atoms with van der Waals surface area (Å²) in [6, 6.07) is 11.7. The number of anilines is 1. The van der Waals surface area contributed by atoms with Crippen molar-refractivity contribution < 1.29 is 14.3 Å². The molecule has 0 aliphatic carbocycles. The van der Waals surface area contributed by atoms with Gasteiger partial charge in [0.1, 0.15) is 11.6 Å². The van der Waals surface area contributed by atoms with Gasteiger partial charge in [-0.05, 0) is 49.6 Å². The second-order valence-electron chi connectivity index (χ2n) is 7.47. The zero-order valence-electron chi connectivity index (χ0n) is 18.6. The highest BCUT2D eigenvalue weighted by atomic mass is 16.5. The quantitative estimate of drug-likeness (QED) is 0.483. The number of amides is 1. The normalized spacial score (nSPS) is 11.1. The second-order valence-corrected chi connectivity index (χ2v) is 7.47. The maximum atomic E-state index is 12.6. The van der Waals surface area contributed by atoms with Gasteiger partial charge in [-0.25, -0.2) is 9.97 Å². The van der Waals surface area contributed by atoms with Crippen LogP contribution in [0.15, 0.2) is 42.6 Å². The van der Waals surface area contributed by atoms with E-state index in [9.17, 15) is 4.79 Å². The molecular weight excluding hydrogens is 392 g/mol. The molecule has 2 aromatic carbocycles. The largest absolute Gasteiger partial charge is 0.497 e. The Balaban J connectivity index is 1.85. The number of fused-ring (bicyclic) bond motifs is 1. The lowest BCUT2D eigenvalue weighted by atomic mass is 10.0. The Kier molecular flexibility index (Phi) is 7.92. The highest BCUT2D eigenvalue weighted by molar-refractivity contribution is 6.05. The van der Waals surface area contributed by atoms with Gasteiger partial charge in [0.05, 0.1) is 32.1 Å². The van der Waals surface area contributed by atoms with Crippen LogP contribution < -0.4 is 15.4 Å². The number of ether oxygens (including phenoxy) is 2. The first-order valence-corrected chi connectivity index (χ1v) is 10.6. The van der Waals surface area contributed by atoms with Crippen LogP contribution in [0.3, 0.4) is 0 Å². The van der Waals surface area contributed by atoms with Crippen LogP contribution in [0, 0.1) is 0 Å². The Morgan fingerprint density at radius 3 is 2.74 bits per heavy atom. The summed E-state index contributed by atoms with van der Waals surface area (Å²) in [5.41, 5.74) is 2.46. The SMILES string of the molecule is CCc1nccc(-c2cc(NC(=O)CNCCOC(C)C)c3cc(OC)ccc3c2)n1. The summed E-state index contributed by atoms with van der Waals surface area (Å²) in [4.78, 5) is 21.5. The molecule has 0 aliphatic heterocycles. The third-order valence-electron chi connectivity index (χ3n) is 4.77. The van der Waals surface area contributed by atoms with Crippen LogP contribution in [0.5, 0.6) is 5.75 Å². The Morgan fingerprint density at radius 2 is 2.00 bits per heavy atom. The fraction of sp³-hybridized carbons (Fsp3) is 0.375. The van der Waals surface area contributed by atoms with Crippen molar-refractivity contribution in [3.63, 3.8) is 0 Å². The van der Waals surface area contributed by atoms with E-state index >= 15 is 0 Å². The fourth-order valence-electron chi connectivity index (χ4n) is 3.21. The molecule has 0 unspecified atom stereocenters. The van der Waals surface area contributed by atoms with Gasteiger partial charge in [0.15, 0.2) is 0 Å². The minimum Gasteiger partial charge on any atom is -0.497 e. The van der Waals surface area contributed by atoms with E-state index in [0.29, 0.717) is 18.8 Å². The molecule has 0 spiro atoms. The molecule has 0 fully saturated rings. The molecule has 3 rings (SSSR count). The minimum atomic E-state index is -0.122. The van der Waals surface area contributed by atoms with E-state index in [-0.39, 0.29) is 18.6 Å². The van der Waals surface area contributed by atoms with Crippen molar-refractivity contribution in [1.29, 1.82) is 0 Å². The average molecular weight is 423 g/mol. The number of aromatic nitrogens is 2. The Morgan fingerprint density at radius 1 is 1.16 bits per heavy atom. The summed E-state index contributed by atoms with van der Waals surface area (Å²) in [5, 5.41) is 8.04. The van der Waals surface area contributed by atoms with Gasteiger partial charge in [-0.3, -0.25) is 4.79 Å². The number of carbonyl (C=O) groups is 1. The number of benzene rings is 2. The third-order valence-corrected chi connectivity index (χ3v) is 4.77. The zero-order valence-corrected chi connectivity index (χ0v) is 18.6. The number of rotatable bonds is 10. The lowest BCUT2D eigenvalue weighted by molar-refractivity contribution is -0.115. The van der Waals surface area contributed by atoms with E-state index in [0.717, 1.165) is 40.0 Å². The first-order chi connectivity index (χ1) is 15.0. The van der Waals surface area contributed by atoms with Gasteiger partial charge < -0.3 is 20.1 Å². The van der Waals surface area contributed by atoms with E-state index in [1.54, 1.807) is 13.3 Å². The molecule has 0 saturated heterocycles. The highest BCUT2D eigenvalue weighted by Gasteiger charge is 2.11. The van der Waals surface area contributed by atoms with Crippen LogP contribution in [0.4, 0.5) is 5.69 Å². The first kappa shape index (κ1) is 22.7. The monoisotopic (exact) mass is 422 g/mol. The van der Waals surface area contributed by atoms with Gasteiger partial charge in [-0.1, -0.05) is 13.0 Å². The maximum Gasteiger partial charge on any atom is 0.238 e. The molecule has 164 valence electrons. The predicted molar refractivity (Wildman–Crippen MR) is 123 cm³/mol. The van der Waals surface area contributed by atoms with Crippen LogP contribution in [-0.2, 0) is 16.0 Å². The van der Waals surface area contributed by atoms with Crippen LogP contribution in [-0.4, -0.2) is 48.8 Å². The van der Waals surface area contributed by atoms with Crippen LogP contribution >= 0.6 is 0 Å². The number of methoxy groups -OCH3 is 1. The molecule has 7 heteroatoms. The van der Waals surface area contributed by atoms with Crippen molar-refractivity contribution in [2.24, 2.45) is 0 Å². The van der Waals surface area contributed by atoms with E-state index in [1.807, 2.05) is 51.1 Å². The van der Waals surface area contributed by atoms with Crippen molar-refractivity contribution >= 4 is 22.4 Å². The summed E-state index contributed by atoms with van der Waals surface area (Å²) in [6.07, 6.45) is 2.70. The zero-order chi connectivity index (χ0) is 22.2. The average Bonchev–Trinajstić information content (AvgIpc) is 2.78. The molecule has 0 atom stereocenters. The van der Waals surface area contributed by atoms with Crippen molar-refractivity contribution in [1.82, 2.24) is 15.3 Å². The van der Waals surface area contributed by atoms with Gasteiger partial charge in [0, 0.05) is 35.8 Å². The summed E-state index contributed by atoms with van der Waals surface area (Å²) >= 11 is 0. The number of nitrogens with one attached hydrogen (secondary N) is 2. The summed E-state index contributed by atoms with van der Waals surface area (Å²) in [6.45, 7) is 7.37. The molecular formula is C24H30N4O3. The number of aryl methyl sites for hydroxylation is 1. The lowest BCUT2D eigenvalue weighted by Gasteiger charge is -2.14. The smallest absolute Gasteiger partial charge is 0.238 e. The van der Waals surface area contributed by atoms with E-state index in [2.05, 4.69) is 26.7 Å². The molecule has 1 amide bonds. The Bertz CT molecular complexity index is 1040. The second kappa shape index (κ2) is 10.8. The molecule has 1 aromatic heterocycles. The van der Waals surface area contributed by atoms with Gasteiger partial charge in [-0.15, -0.1) is 0 Å². The van der Waals surface area contributed by atoms with E-state index in [1.165, 1.54) is 0 Å². The van der Waals surface area contributed by atoms with E-state index < -0.39 is 0 Å². The molecule has 31 heavy (non-hydrogen) atoms. The van der Waals surface area contributed by atoms with Gasteiger partial charge in [0.25, 0.3) is 0 Å². The number of hydrogen-bond acceptors (Lipinski definition) is 6. The molecule has 2 N–H and O–H groups in total. The van der Waals surface area contributed by atoms with Crippen molar-refractivity contribution in [3.05, 3.63) is 48.4 Å². The first-order valence-electron chi connectivity index (χ1n) is 10.6. The number of nitrogens with zero attached hydrogens (tertiary/aromatic N) is 2. The maximum absolute atomic E-state index is 12.6. The summed E-state index contributed by atoms with van der Waals surface area (Å²) in [5.74, 6) is 1.39. The van der Waals surface area contributed by atoms with Crippen molar-refractivity contribution in [3.8, 4) is 17.0 Å². The Labute approximate surface area is 183 Å². The number of hydrogen-bond donors (Lipinski definition) is 2. The molecule has 0 aliphatic rings. The molecule has 0 saturated carbocycles. The fourth-order valence-corrected chi connectivity index (χ4v) is 3.21. The molecule has 0 radical (unpaired) electrons.